The van der Waals surface area contributed by atoms with Crippen LogP contribution < -0.4 is 5.32 Å². The predicted molar refractivity (Wildman–Crippen MR) is 72.0 cm³/mol. The Bertz CT molecular complexity index is 421. The molecule has 1 aromatic rings. The van der Waals surface area contributed by atoms with Crippen molar-refractivity contribution < 1.29 is 9.66 Å². The van der Waals surface area contributed by atoms with Crippen LogP contribution in [0.3, 0.4) is 0 Å². The molecule has 5 heteroatoms. The number of hydrogen-bond acceptors (Lipinski definition) is 4. The molecule has 0 bridgehead atoms. The van der Waals surface area contributed by atoms with E-state index in [2.05, 4.69) is 5.32 Å². The second kappa shape index (κ2) is 6.35. The van der Waals surface area contributed by atoms with Crippen LogP contribution in [0.5, 0.6) is 0 Å². The normalized spacial score (nSPS) is 14.0. The third kappa shape index (κ3) is 3.43. The first-order chi connectivity index (χ1) is 8.49. The van der Waals surface area contributed by atoms with E-state index < -0.39 is 0 Å². The van der Waals surface area contributed by atoms with Gasteiger partial charge in [0, 0.05) is 30.5 Å². The summed E-state index contributed by atoms with van der Waals surface area (Å²) in [6.45, 7) is 5.84. The van der Waals surface area contributed by atoms with E-state index in [1.807, 2.05) is 26.8 Å². The Labute approximate surface area is 107 Å². The molecule has 0 saturated heterocycles. The number of methoxy groups -OCH3 is 1. The van der Waals surface area contributed by atoms with Crippen LogP contribution in [0.25, 0.3) is 0 Å². The zero-order valence-corrected chi connectivity index (χ0v) is 11.3. The number of rotatable bonds is 6. The SMILES string of the molecule is CCc1ccc(NC(C)C(C)OC)cc1[N+](=O)[O-]. The van der Waals surface area contributed by atoms with Crippen LogP contribution in [0, 0.1) is 10.1 Å². The molecule has 5 nitrogen and oxygen atoms in total. The molecule has 18 heavy (non-hydrogen) atoms. The topological polar surface area (TPSA) is 64.4 Å². The maximum absolute atomic E-state index is 11.0. The Morgan fingerprint density at radius 1 is 1.44 bits per heavy atom. The highest BCUT2D eigenvalue weighted by atomic mass is 16.6. The predicted octanol–water partition coefficient (Wildman–Crippen LogP) is 2.99. The Morgan fingerprint density at radius 2 is 2.11 bits per heavy atom. The second-order valence-electron chi connectivity index (χ2n) is 4.33. The third-order valence-electron chi connectivity index (χ3n) is 3.13. The van der Waals surface area contributed by atoms with Crippen LogP contribution in [0.15, 0.2) is 18.2 Å². The zero-order valence-electron chi connectivity index (χ0n) is 11.3. The van der Waals surface area contributed by atoms with Crippen LogP contribution >= 0.6 is 0 Å². The minimum atomic E-state index is -0.339. The van der Waals surface area contributed by atoms with Crippen molar-refractivity contribution in [2.45, 2.75) is 39.3 Å². The van der Waals surface area contributed by atoms with Crippen molar-refractivity contribution in [3.8, 4) is 0 Å². The third-order valence-corrected chi connectivity index (χ3v) is 3.13. The molecule has 2 atom stereocenters. The molecule has 0 fully saturated rings. The quantitative estimate of drug-likeness (QED) is 0.624. The lowest BCUT2D eigenvalue weighted by Crippen LogP contribution is -2.29. The summed E-state index contributed by atoms with van der Waals surface area (Å²) in [7, 11) is 1.64. The molecule has 0 saturated carbocycles. The lowest BCUT2D eigenvalue weighted by molar-refractivity contribution is -0.385. The number of anilines is 1. The Balaban J connectivity index is 2.91. The fraction of sp³-hybridized carbons (Fsp3) is 0.538. The van der Waals surface area contributed by atoms with Gasteiger partial charge in [-0.2, -0.15) is 0 Å². The molecule has 0 spiro atoms. The molecule has 100 valence electrons. The van der Waals surface area contributed by atoms with Crippen molar-refractivity contribution >= 4 is 11.4 Å². The van der Waals surface area contributed by atoms with E-state index in [1.54, 1.807) is 19.2 Å². The molecule has 0 amide bonds. The highest BCUT2D eigenvalue weighted by Gasteiger charge is 2.15. The van der Waals surface area contributed by atoms with Gasteiger partial charge in [0.2, 0.25) is 0 Å². The van der Waals surface area contributed by atoms with Gasteiger partial charge in [0.05, 0.1) is 11.0 Å². The second-order valence-corrected chi connectivity index (χ2v) is 4.33. The Morgan fingerprint density at radius 3 is 2.61 bits per heavy atom. The number of nitrogens with one attached hydrogen (secondary N) is 1. The maximum Gasteiger partial charge on any atom is 0.274 e. The van der Waals surface area contributed by atoms with E-state index in [-0.39, 0.29) is 22.8 Å². The summed E-state index contributed by atoms with van der Waals surface area (Å²) >= 11 is 0. The Hall–Kier alpha value is -1.62. The molecular formula is C13H20N2O3. The van der Waals surface area contributed by atoms with Gasteiger partial charge in [-0.25, -0.2) is 0 Å². The average molecular weight is 252 g/mol. The van der Waals surface area contributed by atoms with Gasteiger partial charge in [-0.1, -0.05) is 13.0 Å². The highest BCUT2D eigenvalue weighted by molar-refractivity contribution is 5.55. The van der Waals surface area contributed by atoms with Crippen molar-refractivity contribution in [1.82, 2.24) is 0 Å². The van der Waals surface area contributed by atoms with E-state index in [4.69, 9.17) is 4.74 Å². The van der Waals surface area contributed by atoms with Gasteiger partial charge in [0.15, 0.2) is 0 Å². The number of nitrogens with zero attached hydrogens (tertiary/aromatic N) is 1. The molecule has 0 aromatic heterocycles. The molecule has 0 radical (unpaired) electrons. The van der Waals surface area contributed by atoms with Crippen molar-refractivity contribution in [2.75, 3.05) is 12.4 Å². The summed E-state index contributed by atoms with van der Waals surface area (Å²) in [4.78, 5) is 10.6. The molecular weight excluding hydrogens is 232 g/mol. The average Bonchev–Trinajstić information content (AvgIpc) is 2.37. The number of benzene rings is 1. The summed E-state index contributed by atoms with van der Waals surface area (Å²) in [5.41, 5.74) is 1.66. The first kappa shape index (κ1) is 14.4. The standard InChI is InChI=1S/C13H20N2O3/c1-5-11-6-7-12(8-13(11)15(16)17)14-9(2)10(3)18-4/h6-10,14H,5H2,1-4H3. The molecule has 0 aliphatic rings. The van der Waals surface area contributed by atoms with Gasteiger partial charge in [0.1, 0.15) is 0 Å². The molecule has 2 unspecified atom stereocenters. The van der Waals surface area contributed by atoms with E-state index >= 15 is 0 Å². The largest absolute Gasteiger partial charge is 0.380 e. The first-order valence-corrected chi connectivity index (χ1v) is 6.06. The summed E-state index contributed by atoms with van der Waals surface area (Å²) in [5, 5.41) is 14.2. The van der Waals surface area contributed by atoms with E-state index in [0.717, 1.165) is 11.3 Å². The van der Waals surface area contributed by atoms with E-state index in [1.165, 1.54) is 0 Å². The van der Waals surface area contributed by atoms with Gasteiger partial charge < -0.3 is 10.1 Å². The summed E-state index contributed by atoms with van der Waals surface area (Å²) in [5.74, 6) is 0. The molecule has 1 N–H and O–H groups in total. The summed E-state index contributed by atoms with van der Waals surface area (Å²) < 4.78 is 5.21. The molecule has 0 aliphatic heterocycles. The minimum absolute atomic E-state index is 0.0370. The van der Waals surface area contributed by atoms with Crippen LogP contribution in [0.4, 0.5) is 11.4 Å². The summed E-state index contributed by atoms with van der Waals surface area (Å²) in [6, 6.07) is 5.33. The molecule has 1 aromatic carbocycles. The Kier molecular flexibility index (Phi) is 5.09. The lowest BCUT2D eigenvalue weighted by Gasteiger charge is -2.21. The van der Waals surface area contributed by atoms with Gasteiger partial charge in [-0.3, -0.25) is 10.1 Å². The number of nitro benzene ring substituents is 1. The van der Waals surface area contributed by atoms with Gasteiger partial charge in [-0.15, -0.1) is 0 Å². The van der Waals surface area contributed by atoms with Crippen LogP contribution in [0.2, 0.25) is 0 Å². The number of aryl methyl sites for hydroxylation is 1. The molecule has 0 heterocycles. The lowest BCUT2D eigenvalue weighted by atomic mass is 10.1. The van der Waals surface area contributed by atoms with Crippen molar-refractivity contribution in [1.29, 1.82) is 0 Å². The number of hydrogen-bond donors (Lipinski definition) is 1. The van der Waals surface area contributed by atoms with Crippen molar-refractivity contribution in [3.63, 3.8) is 0 Å². The van der Waals surface area contributed by atoms with Crippen LogP contribution in [-0.2, 0) is 11.2 Å². The fourth-order valence-electron chi connectivity index (χ4n) is 1.71. The van der Waals surface area contributed by atoms with Gasteiger partial charge in [0.25, 0.3) is 5.69 Å². The monoisotopic (exact) mass is 252 g/mol. The van der Waals surface area contributed by atoms with E-state index in [9.17, 15) is 10.1 Å². The smallest absolute Gasteiger partial charge is 0.274 e. The highest BCUT2D eigenvalue weighted by Crippen LogP contribution is 2.24. The minimum Gasteiger partial charge on any atom is -0.380 e. The number of ether oxygens (including phenoxy) is 1. The summed E-state index contributed by atoms with van der Waals surface area (Å²) in [6.07, 6.45) is 0.690. The van der Waals surface area contributed by atoms with Gasteiger partial charge in [-0.05, 0) is 26.3 Å². The van der Waals surface area contributed by atoms with Crippen molar-refractivity contribution in [2.24, 2.45) is 0 Å². The fourth-order valence-corrected chi connectivity index (χ4v) is 1.71. The van der Waals surface area contributed by atoms with Crippen molar-refractivity contribution in [3.05, 3.63) is 33.9 Å². The first-order valence-electron chi connectivity index (χ1n) is 6.06. The number of nitro groups is 1. The molecule has 1 rings (SSSR count). The van der Waals surface area contributed by atoms with Crippen LogP contribution in [-0.4, -0.2) is 24.2 Å². The maximum atomic E-state index is 11.0. The zero-order chi connectivity index (χ0) is 13.7. The van der Waals surface area contributed by atoms with Crippen LogP contribution in [0.1, 0.15) is 26.3 Å². The molecule has 0 aliphatic carbocycles. The van der Waals surface area contributed by atoms with E-state index in [0.29, 0.717) is 6.42 Å². The van der Waals surface area contributed by atoms with Gasteiger partial charge >= 0.3 is 0 Å².